The van der Waals surface area contributed by atoms with Gasteiger partial charge in [-0.15, -0.1) is 0 Å². The minimum Gasteiger partial charge on any atom is -0.466 e. The Morgan fingerprint density at radius 2 is 2.43 bits per heavy atom. The Morgan fingerprint density at radius 1 is 1.64 bits per heavy atom. The van der Waals surface area contributed by atoms with E-state index >= 15 is 0 Å². The molecule has 0 bridgehead atoms. The lowest BCUT2D eigenvalue weighted by atomic mass is 10.1. The van der Waals surface area contributed by atoms with Crippen LogP contribution in [-0.2, 0) is 9.53 Å². The first-order valence-corrected chi connectivity index (χ1v) is 5.25. The molecule has 0 amide bonds. The van der Waals surface area contributed by atoms with Crippen molar-refractivity contribution in [2.45, 2.75) is 19.8 Å². The van der Waals surface area contributed by atoms with Gasteiger partial charge in [-0.2, -0.15) is 0 Å². The average molecular weight is 201 g/mol. The zero-order chi connectivity index (χ0) is 10.4. The molecule has 1 fully saturated rings. The third kappa shape index (κ3) is 3.64. The molecule has 4 heteroatoms. The van der Waals surface area contributed by atoms with E-state index in [0.29, 0.717) is 18.9 Å². The van der Waals surface area contributed by atoms with E-state index in [9.17, 15) is 4.79 Å². The van der Waals surface area contributed by atoms with Gasteiger partial charge in [0, 0.05) is 19.7 Å². The van der Waals surface area contributed by atoms with Gasteiger partial charge in [-0.3, -0.25) is 4.79 Å². The highest BCUT2D eigenvalue weighted by Gasteiger charge is 2.21. The molecule has 1 aliphatic rings. The maximum absolute atomic E-state index is 11.1. The fourth-order valence-corrected chi connectivity index (χ4v) is 1.75. The van der Waals surface area contributed by atoms with Gasteiger partial charge in [0.1, 0.15) is 0 Å². The van der Waals surface area contributed by atoms with E-state index in [1.54, 1.807) is 0 Å². The SMILES string of the molecule is CCOC(=O)CCN1CCC(CO)C1. The van der Waals surface area contributed by atoms with Crippen molar-refractivity contribution in [3.63, 3.8) is 0 Å². The van der Waals surface area contributed by atoms with Crippen LogP contribution in [0.1, 0.15) is 19.8 Å². The number of aliphatic hydroxyl groups is 1. The van der Waals surface area contributed by atoms with Crippen LogP contribution in [0, 0.1) is 5.92 Å². The lowest BCUT2D eigenvalue weighted by Crippen LogP contribution is -2.25. The summed E-state index contributed by atoms with van der Waals surface area (Å²) in [7, 11) is 0. The normalized spacial score (nSPS) is 22.6. The first-order valence-electron chi connectivity index (χ1n) is 5.25. The largest absolute Gasteiger partial charge is 0.466 e. The third-order valence-corrected chi connectivity index (χ3v) is 2.57. The summed E-state index contributed by atoms with van der Waals surface area (Å²) in [5.41, 5.74) is 0. The number of carbonyl (C=O) groups excluding carboxylic acids is 1. The van der Waals surface area contributed by atoms with Gasteiger partial charge < -0.3 is 14.7 Å². The van der Waals surface area contributed by atoms with Crippen molar-refractivity contribution in [3.8, 4) is 0 Å². The Hall–Kier alpha value is -0.610. The number of rotatable bonds is 5. The van der Waals surface area contributed by atoms with Crippen LogP contribution >= 0.6 is 0 Å². The molecule has 0 aromatic carbocycles. The molecule has 0 saturated carbocycles. The second kappa shape index (κ2) is 5.98. The van der Waals surface area contributed by atoms with Crippen LogP contribution in [0.3, 0.4) is 0 Å². The van der Waals surface area contributed by atoms with Crippen LogP contribution in [0.15, 0.2) is 0 Å². The van der Waals surface area contributed by atoms with Gasteiger partial charge in [0.05, 0.1) is 13.0 Å². The number of likely N-dealkylation sites (tertiary alicyclic amines) is 1. The predicted octanol–water partition coefficient (Wildman–Crippen LogP) is 0.254. The van der Waals surface area contributed by atoms with Gasteiger partial charge in [0.15, 0.2) is 0 Å². The van der Waals surface area contributed by atoms with Crippen molar-refractivity contribution >= 4 is 5.97 Å². The Kier molecular flexibility index (Phi) is 4.90. The molecular weight excluding hydrogens is 182 g/mol. The van der Waals surface area contributed by atoms with E-state index in [1.807, 2.05) is 6.92 Å². The number of esters is 1. The quantitative estimate of drug-likeness (QED) is 0.648. The molecule has 0 radical (unpaired) electrons. The van der Waals surface area contributed by atoms with E-state index in [4.69, 9.17) is 9.84 Å². The fraction of sp³-hybridized carbons (Fsp3) is 0.900. The Balaban J connectivity index is 2.11. The number of nitrogens with zero attached hydrogens (tertiary/aromatic N) is 1. The van der Waals surface area contributed by atoms with Crippen LogP contribution in [0.5, 0.6) is 0 Å². The summed E-state index contributed by atoms with van der Waals surface area (Å²) in [6.07, 6.45) is 1.51. The van der Waals surface area contributed by atoms with E-state index in [0.717, 1.165) is 26.1 Å². The fourth-order valence-electron chi connectivity index (χ4n) is 1.75. The van der Waals surface area contributed by atoms with Crippen molar-refractivity contribution in [1.29, 1.82) is 0 Å². The first kappa shape index (κ1) is 11.5. The summed E-state index contributed by atoms with van der Waals surface area (Å²) in [6.45, 7) is 5.19. The molecular formula is C10H19NO3. The number of hydrogen-bond donors (Lipinski definition) is 1. The molecule has 0 aliphatic carbocycles. The number of carbonyl (C=O) groups is 1. The monoisotopic (exact) mass is 201 g/mol. The lowest BCUT2D eigenvalue weighted by Gasteiger charge is -2.14. The van der Waals surface area contributed by atoms with Gasteiger partial charge in [-0.1, -0.05) is 0 Å². The van der Waals surface area contributed by atoms with E-state index in [-0.39, 0.29) is 12.6 Å². The highest BCUT2D eigenvalue weighted by atomic mass is 16.5. The highest BCUT2D eigenvalue weighted by molar-refractivity contribution is 5.69. The third-order valence-electron chi connectivity index (χ3n) is 2.57. The van der Waals surface area contributed by atoms with E-state index in [1.165, 1.54) is 0 Å². The molecule has 1 unspecified atom stereocenters. The van der Waals surface area contributed by atoms with Gasteiger partial charge in [0.2, 0.25) is 0 Å². The average Bonchev–Trinajstić information content (AvgIpc) is 2.63. The number of ether oxygens (including phenoxy) is 1. The molecule has 0 aromatic rings. The summed E-state index contributed by atoms with van der Waals surface area (Å²) in [5, 5.41) is 8.93. The smallest absolute Gasteiger partial charge is 0.307 e. The summed E-state index contributed by atoms with van der Waals surface area (Å²) in [4.78, 5) is 13.3. The molecule has 0 aromatic heterocycles. The second-order valence-corrected chi connectivity index (χ2v) is 3.69. The Labute approximate surface area is 84.8 Å². The van der Waals surface area contributed by atoms with E-state index in [2.05, 4.69) is 4.90 Å². The predicted molar refractivity (Wildman–Crippen MR) is 52.9 cm³/mol. The molecule has 1 heterocycles. The zero-order valence-corrected chi connectivity index (χ0v) is 8.74. The molecule has 1 N–H and O–H groups in total. The molecule has 1 saturated heterocycles. The molecule has 1 atom stereocenters. The van der Waals surface area contributed by atoms with Gasteiger partial charge in [-0.25, -0.2) is 0 Å². The maximum atomic E-state index is 11.1. The van der Waals surface area contributed by atoms with Crippen molar-refractivity contribution in [1.82, 2.24) is 4.90 Å². The van der Waals surface area contributed by atoms with E-state index < -0.39 is 0 Å². The van der Waals surface area contributed by atoms with Crippen molar-refractivity contribution in [3.05, 3.63) is 0 Å². The summed E-state index contributed by atoms with van der Waals surface area (Å²) < 4.78 is 4.84. The van der Waals surface area contributed by atoms with Crippen molar-refractivity contribution in [2.24, 2.45) is 5.92 Å². The van der Waals surface area contributed by atoms with Crippen molar-refractivity contribution < 1.29 is 14.6 Å². The molecule has 1 aliphatic heterocycles. The summed E-state index contributed by atoms with van der Waals surface area (Å²) in [5.74, 6) is 0.275. The number of aliphatic hydroxyl groups excluding tert-OH is 1. The first-order chi connectivity index (χ1) is 6.76. The van der Waals surface area contributed by atoms with Gasteiger partial charge >= 0.3 is 5.97 Å². The standard InChI is InChI=1S/C10H19NO3/c1-2-14-10(13)4-6-11-5-3-9(7-11)8-12/h9,12H,2-8H2,1H3. The summed E-state index contributed by atoms with van der Waals surface area (Å²) >= 11 is 0. The van der Waals surface area contributed by atoms with Crippen LogP contribution in [0.2, 0.25) is 0 Å². The van der Waals surface area contributed by atoms with Crippen LogP contribution < -0.4 is 0 Å². The summed E-state index contributed by atoms with van der Waals surface area (Å²) in [6, 6.07) is 0. The van der Waals surface area contributed by atoms with Gasteiger partial charge in [-0.05, 0) is 25.8 Å². The molecule has 82 valence electrons. The minimum atomic E-state index is -0.125. The van der Waals surface area contributed by atoms with Gasteiger partial charge in [0.25, 0.3) is 0 Å². The van der Waals surface area contributed by atoms with Crippen LogP contribution in [0.4, 0.5) is 0 Å². The number of hydrogen-bond acceptors (Lipinski definition) is 4. The minimum absolute atomic E-state index is 0.125. The van der Waals surface area contributed by atoms with Crippen LogP contribution in [0.25, 0.3) is 0 Å². The van der Waals surface area contributed by atoms with Crippen molar-refractivity contribution in [2.75, 3.05) is 32.8 Å². The molecule has 0 spiro atoms. The maximum Gasteiger partial charge on any atom is 0.307 e. The lowest BCUT2D eigenvalue weighted by molar-refractivity contribution is -0.143. The molecule has 1 rings (SSSR count). The molecule has 14 heavy (non-hydrogen) atoms. The van der Waals surface area contributed by atoms with Crippen LogP contribution in [-0.4, -0.2) is 48.8 Å². The Morgan fingerprint density at radius 3 is 3.00 bits per heavy atom. The zero-order valence-electron chi connectivity index (χ0n) is 8.74. The topological polar surface area (TPSA) is 49.8 Å². The second-order valence-electron chi connectivity index (χ2n) is 3.69. The highest BCUT2D eigenvalue weighted by Crippen LogP contribution is 2.15. The Bertz CT molecular complexity index is 184. The molecule has 4 nitrogen and oxygen atoms in total.